The Morgan fingerprint density at radius 1 is 1.22 bits per heavy atom. The summed E-state index contributed by atoms with van der Waals surface area (Å²) in [6, 6.07) is 6.98. The van der Waals surface area contributed by atoms with Crippen LogP contribution >= 0.6 is 22.9 Å². The van der Waals surface area contributed by atoms with Crippen LogP contribution in [-0.2, 0) is 4.79 Å². The Morgan fingerprint density at radius 3 is 2.57 bits per heavy atom. The van der Waals surface area contributed by atoms with Gasteiger partial charge in [0.1, 0.15) is 6.04 Å². The largest absolute Gasteiger partial charge is 0.339 e. The third-order valence-corrected chi connectivity index (χ3v) is 4.35. The number of carbonyl (C=O) groups is 2. The lowest BCUT2D eigenvalue weighted by molar-refractivity contribution is -0.118. The number of carbonyl (C=O) groups excluding carboxylic acids is 2. The maximum atomic E-state index is 13.9. The van der Waals surface area contributed by atoms with Crippen molar-refractivity contribution in [3.05, 3.63) is 51.4 Å². The van der Waals surface area contributed by atoms with Crippen LogP contribution in [0, 0.1) is 11.7 Å². The molecule has 0 spiro atoms. The Labute approximate surface area is 142 Å². The van der Waals surface area contributed by atoms with E-state index in [9.17, 15) is 14.0 Å². The summed E-state index contributed by atoms with van der Waals surface area (Å²) in [5.41, 5.74) is -0.0153. The molecule has 23 heavy (non-hydrogen) atoms. The molecule has 1 atom stereocenters. The van der Waals surface area contributed by atoms with E-state index in [1.807, 2.05) is 0 Å². The molecule has 0 aliphatic carbocycles. The van der Waals surface area contributed by atoms with Crippen molar-refractivity contribution in [2.24, 2.45) is 5.92 Å². The summed E-state index contributed by atoms with van der Waals surface area (Å²) in [5.74, 6) is -1.69. The molecule has 2 N–H and O–H groups in total. The molecule has 0 saturated carbocycles. The molecule has 1 unspecified atom stereocenters. The first-order valence-electron chi connectivity index (χ1n) is 6.99. The fraction of sp³-hybridized carbons (Fsp3) is 0.250. The Bertz CT molecular complexity index is 704. The second-order valence-electron chi connectivity index (χ2n) is 5.26. The summed E-state index contributed by atoms with van der Waals surface area (Å²) < 4.78 is 13.9. The SMILES string of the molecule is CC(C)C(NC(=O)c1cccs1)C(=O)Nc1cccc(Cl)c1F. The van der Waals surface area contributed by atoms with Gasteiger partial charge in [-0.25, -0.2) is 4.39 Å². The van der Waals surface area contributed by atoms with Gasteiger partial charge in [0.2, 0.25) is 5.91 Å². The number of rotatable bonds is 5. The fourth-order valence-corrected chi connectivity index (χ4v) is 2.77. The quantitative estimate of drug-likeness (QED) is 0.854. The molecule has 1 heterocycles. The predicted molar refractivity (Wildman–Crippen MR) is 90.5 cm³/mol. The number of hydrogen-bond acceptors (Lipinski definition) is 3. The van der Waals surface area contributed by atoms with E-state index in [2.05, 4.69) is 10.6 Å². The molecule has 1 aromatic heterocycles. The minimum Gasteiger partial charge on any atom is -0.339 e. The highest BCUT2D eigenvalue weighted by Crippen LogP contribution is 2.22. The third kappa shape index (κ3) is 4.30. The molecule has 0 bridgehead atoms. The summed E-state index contributed by atoms with van der Waals surface area (Å²) in [5, 5.41) is 6.85. The monoisotopic (exact) mass is 354 g/mol. The van der Waals surface area contributed by atoms with Crippen LogP contribution in [0.15, 0.2) is 35.7 Å². The lowest BCUT2D eigenvalue weighted by atomic mass is 10.0. The highest BCUT2D eigenvalue weighted by Gasteiger charge is 2.26. The first kappa shape index (κ1) is 17.4. The van der Waals surface area contributed by atoms with Gasteiger partial charge in [-0.3, -0.25) is 9.59 Å². The minimum atomic E-state index is -0.789. The van der Waals surface area contributed by atoms with Crippen LogP contribution in [-0.4, -0.2) is 17.9 Å². The van der Waals surface area contributed by atoms with Gasteiger partial charge in [0, 0.05) is 0 Å². The first-order valence-corrected chi connectivity index (χ1v) is 8.25. The molecular weight excluding hydrogens is 339 g/mol. The Hall–Kier alpha value is -1.92. The Balaban J connectivity index is 2.12. The van der Waals surface area contributed by atoms with Gasteiger partial charge in [0.15, 0.2) is 5.82 Å². The van der Waals surface area contributed by atoms with E-state index < -0.39 is 17.8 Å². The summed E-state index contributed by atoms with van der Waals surface area (Å²) >= 11 is 6.98. The van der Waals surface area contributed by atoms with E-state index in [0.717, 1.165) is 0 Å². The second kappa shape index (κ2) is 7.57. The zero-order valence-corrected chi connectivity index (χ0v) is 14.2. The molecular formula is C16H16ClFN2O2S. The van der Waals surface area contributed by atoms with E-state index in [1.165, 1.54) is 29.5 Å². The smallest absolute Gasteiger partial charge is 0.262 e. The van der Waals surface area contributed by atoms with Crippen LogP contribution in [0.5, 0.6) is 0 Å². The molecule has 122 valence electrons. The second-order valence-corrected chi connectivity index (χ2v) is 6.62. The number of amides is 2. The lowest BCUT2D eigenvalue weighted by Gasteiger charge is -2.21. The van der Waals surface area contributed by atoms with Gasteiger partial charge >= 0.3 is 0 Å². The molecule has 0 fully saturated rings. The molecule has 4 nitrogen and oxygen atoms in total. The maximum absolute atomic E-state index is 13.9. The standard InChI is InChI=1S/C16H16ClFN2O2S/c1-9(2)14(20-15(21)12-7-4-8-23-12)16(22)19-11-6-3-5-10(17)13(11)18/h3-9,14H,1-2H3,(H,19,22)(H,20,21). The number of hydrogen-bond donors (Lipinski definition) is 2. The van der Waals surface area contributed by atoms with Gasteiger partial charge in [-0.15, -0.1) is 11.3 Å². The Kier molecular flexibility index (Phi) is 5.74. The van der Waals surface area contributed by atoms with Crippen molar-refractivity contribution in [2.45, 2.75) is 19.9 Å². The van der Waals surface area contributed by atoms with E-state index in [1.54, 1.807) is 31.4 Å². The highest BCUT2D eigenvalue weighted by atomic mass is 35.5. The van der Waals surface area contributed by atoms with E-state index in [0.29, 0.717) is 4.88 Å². The molecule has 2 aromatic rings. The van der Waals surface area contributed by atoms with Gasteiger partial charge in [-0.05, 0) is 29.5 Å². The van der Waals surface area contributed by atoms with Gasteiger partial charge in [0.25, 0.3) is 5.91 Å². The summed E-state index contributed by atoms with van der Waals surface area (Å²) in [7, 11) is 0. The van der Waals surface area contributed by atoms with Crippen molar-refractivity contribution >= 4 is 40.4 Å². The van der Waals surface area contributed by atoms with Crippen LogP contribution < -0.4 is 10.6 Å². The van der Waals surface area contributed by atoms with Gasteiger partial charge < -0.3 is 10.6 Å². The summed E-state index contributed by atoms with van der Waals surface area (Å²) in [6.07, 6.45) is 0. The molecule has 1 aromatic carbocycles. The van der Waals surface area contributed by atoms with Crippen molar-refractivity contribution in [3.8, 4) is 0 Å². The van der Waals surface area contributed by atoms with Gasteiger partial charge in [0.05, 0.1) is 15.6 Å². The molecule has 0 radical (unpaired) electrons. The van der Waals surface area contributed by atoms with Crippen LogP contribution in [0.1, 0.15) is 23.5 Å². The van der Waals surface area contributed by atoms with Crippen LogP contribution in [0.3, 0.4) is 0 Å². The topological polar surface area (TPSA) is 58.2 Å². The van der Waals surface area contributed by atoms with E-state index >= 15 is 0 Å². The maximum Gasteiger partial charge on any atom is 0.262 e. The number of nitrogens with one attached hydrogen (secondary N) is 2. The first-order chi connectivity index (χ1) is 10.9. The number of halogens is 2. The van der Waals surface area contributed by atoms with E-state index in [4.69, 9.17) is 11.6 Å². The van der Waals surface area contributed by atoms with Gasteiger partial charge in [-0.2, -0.15) is 0 Å². The predicted octanol–water partition coefficient (Wildman–Crippen LogP) is 3.93. The van der Waals surface area contributed by atoms with Crippen molar-refractivity contribution in [1.29, 1.82) is 0 Å². The fourth-order valence-electron chi connectivity index (χ4n) is 1.97. The molecule has 0 aliphatic heterocycles. The van der Waals surface area contributed by atoms with Crippen molar-refractivity contribution < 1.29 is 14.0 Å². The normalized spacial score (nSPS) is 12.0. The van der Waals surface area contributed by atoms with Gasteiger partial charge in [-0.1, -0.05) is 37.6 Å². The van der Waals surface area contributed by atoms with Crippen LogP contribution in [0.25, 0.3) is 0 Å². The van der Waals surface area contributed by atoms with Crippen molar-refractivity contribution in [3.63, 3.8) is 0 Å². The summed E-state index contributed by atoms with van der Waals surface area (Å²) in [6.45, 7) is 3.60. The Morgan fingerprint density at radius 2 is 1.96 bits per heavy atom. The number of anilines is 1. The number of thiophene rings is 1. The zero-order chi connectivity index (χ0) is 17.0. The summed E-state index contributed by atoms with van der Waals surface area (Å²) in [4.78, 5) is 25.0. The highest BCUT2D eigenvalue weighted by molar-refractivity contribution is 7.12. The van der Waals surface area contributed by atoms with Crippen molar-refractivity contribution in [2.75, 3.05) is 5.32 Å². The number of benzene rings is 1. The van der Waals surface area contributed by atoms with E-state index in [-0.39, 0.29) is 22.5 Å². The molecule has 2 rings (SSSR count). The minimum absolute atomic E-state index is 0.0153. The average molecular weight is 355 g/mol. The third-order valence-electron chi connectivity index (χ3n) is 3.19. The molecule has 7 heteroatoms. The molecule has 2 amide bonds. The molecule has 0 aliphatic rings. The average Bonchev–Trinajstić information content (AvgIpc) is 3.03. The molecule has 0 saturated heterocycles. The zero-order valence-electron chi connectivity index (χ0n) is 12.6. The van der Waals surface area contributed by atoms with Crippen LogP contribution in [0.4, 0.5) is 10.1 Å². The lowest BCUT2D eigenvalue weighted by Crippen LogP contribution is -2.47. The van der Waals surface area contributed by atoms with Crippen molar-refractivity contribution in [1.82, 2.24) is 5.32 Å². The van der Waals surface area contributed by atoms with Crippen LogP contribution in [0.2, 0.25) is 5.02 Å².